The Morgan fingerprint density at radius 3 is 2.67 bits per heavy atom. The monoisotopic (exact) mass is 165 g/mol. The van der Waals surface area contributed by atoms with Crippen molar-refractivity contribution in [2.45, 2.75) is 37.6 Å². The summed E-state index contributed by atoms with van der Waals surface area (Å²) in [5.74, 6) is 0.132. The number of piperidine rings is 1. The first-order valence-corrected chi connectivity index (χ1v) is 4.73. The van der Waals surface area contributed by atoms with Gasteiger partial charge in [-0.3, -0.25) is 4.79 Å². The van der Waals surface area contributed by atoms with Crippen LogP contribution in [0.3, 0.4) is 0 Å². The number of hydrogen-bond acceptors (Lipinski definition) is 1. The van der Waals surface area contributed by atoms with Gasteiger partial charge in [0.2, 0.25) is 5.91 Å². The number of carbonyl (C=O) groups excluding carboxylic acids is 1. The number of likely N-dealkylation sites (tertiary alicyclic amines) is 1. The average molecular weight is 165 g/mol. The zero-order valence-electron chi connectivity index (χ0n) is 7.38. The van der Waals surface area contributed by atoms with E-state index in [9.17, 15) is 4.79 Å². The fraction of sp³-hybridized carbons (Fsp3) is 0.700. The zero-order chi connectivity index (χ0) is 8.60. The molecule has 2 rings (SSSR count). The first-order valence-electron chi connectivity index (χ1n) is 4.73. The van der Waals surface area contributed by atoms with Gasteiger partial charge in [-0.05, 0) is 38.2 Å². The number of carbonyl (C=O) groups is 1. The third-order valence-electron chi connectivity index (χ3n) is 3.11. The van der Waals surface area contributed by atoms with Crippen LogP contribution in [0.2, 0.25) is 0 Å². The van der Waals surface area contributed by atoms with E-state index >= 15 is 0 Å². The lowest BCUT2D eigenvalue weighted by atomic mass is 10.00. The highest BCUT2D eigenvalue weighted by molar-refractivity contribution is 5.88. The van der Waals surface area contributed by atoms with Crippen molar-refractivity contribution in [2.75, 3.05) is 6.54 Å². The van der Waals surface area contributed by atoms with Crippen LogP contribution < -0.4 is 0 Å². The Labute approximate surface area is 73.2 Å². The van der Waals surface area contributed by atoms with Crippen molar-refractivity contribution >= 4 is 5.91 Å². The van der Waals surface area contributed by atoms with Crippen LogP contribution in [-0.2, 0) is 4.79 Å². The molecule has 1 aliphatic heterocycles. The molecule has 1 amide bonds. The molecule has 12 heavy (non-hydrogen) atoms. The molecule has 2 fully saturated rings. The van der Waals surface area contributed by atoms with E-state index in [4.69, 9.17) is 0 Å². The number of amides is 1. The molecule has 1 spiro atoms. The summed E-state index contributed by atoms with van der Waals surface area (Å²) in [6, 6.07) is 0. The highest BCUT2D eigenvalue weighted by Crippen LogP contribution is 2.48. The van der Waals surface area contributed by atoms with Crippen LogP contribution in [-0.4, -0.2) is 22.9 Å². The van der Waals surface area contributed by atoms with E-state index in [0.717, 1.165) is 6.54 Å². The quantitative estimate of drug-likeness (QED) is 0.542. The fourth-order valence-corrected chi connectivity index (χ4v) is 2.21. The Morgan fingerprint density at radius 1 is 1.33 bits per heavy atom. The van der Waals surface area contributed by atoms with Gasteiger partial charge in [0, 0.05) is 12.1 Å². The van der Waals surface area contributed by atoms with Gasteiger partial charge in [0.05, 0.1) is 0 Å². The molecule has 66 valence electrons. The molecule has 0 aromatic carbocycles. The van der Waals surface area contributed by atoms with Gasteiger partial charge in [-0.25, -0.2) is 0 Å². The van der Waals surface area contributed by atoms with Gasteiger partial charge in [0.25, 0.3) is 0 Å². The summed E-state index contributed by atoms with van der Waals surface area (Å²) in [7, 11) is 0. The normalized spacial score (nSPS) is 25.5. The fourth-order valence-electron chi connectivity index (χ4n) is 2.21. The standard InChI is InChI=1S/C10H15NO/c1-2-9(12)11-8-4-3-5-10(11)6-7-10/h2H,1,3-8H2. The molecule has 0 N–H and O–H groups in total. The third-order valence-corrected chi connectivity index (χ3v) is 3.11. The lowest BCUT2D eigenvalue weighted by Gasteiger charge is -2.35. The summed E-state index contributed by atoms with van der Waals surface area (Å²) < 4.78 is 0. The molecular weight excluding hydrogens is 150 g/mol. The summed E-state index contributed by atoms with van der Waals surface area (Å²) in [6.07, 6.45) is 7.55. The maximum atomic E-state index is 11.4. The van der Waals surface area contributed by atoms with Gasteiger partial charge >= 0.3 is 0 Å². The van der Waals surface area contributed by atoms with Gasteiger partial charge in [0.15, 0.2) is 0 Å². The Kier molecular flexibility index (Phi) is 1.71. The molecule has 1 saturated carbocycles. The van der Waals surface area contributed by atoms with Gasteiger partial charge in [-0.15, -0.1) is 0 Å². The van der Waals surface area contributed by atoms with E-state index in [2.05, 4.69) is 6.58 Å². The lowest BCUT2D eigenvalue weighted by molar-refractivity contribution is -0.130. The van der Waals surface area contributed by atoms with Crippen molar-refractivity contribution in [1.29, 1.82) is 0 Å². The summed E-state index contributed by atoms with van der Waals surface area (Å²) in [5, 5.41) is 0. The van der Waals surface area contributed by atoms with E-state index < -0.39 is 0 Å². The second-order valence-electron chi connectivity index (χ2n) is 3.88. The third kappa shape index (κ3) is 1.06. The van der Waals surface area contributed by atoms with E-state index in [-0.39, 0.29) is 11.4 Å². The molecule has 2 heteroatoms. The predicted octanol–water partition coefficient (Wildman–Crippen LogP) is 1.72. The van der Waals surface area contributed by atoms with E-state index in [1.165, 1.54) is 38.2 Å². The molecule has 1 aliphatic carbocycles. The first-order chi connectivity index (χ1) is 5.78. The summed E-state index contributed by atoms with van der Waals surface area (Å²) in [6.45, 7) is 4.49. The van der Waals surface area contributed by atoms with Crippen molar-refractivity contribution in [1.82, 2.24) is 4.90 Å². The summed E-state index contributed by atoms with van der Waals surface area (Å²) >= 11 is 0. The Balaban J connectivity index is 2.11. The molecule has 1 heterocycles. The highest BCUT2D eigenvalue weighted by atomic mass is 16.2. The maximum Gasteiger partial charge on any atom is 0.246 e. The molecule has 1 saturated heterocycles. The van der Waals surface area contributed by atoms with Crippen LogP contribution in [0.4, 0.5) is 0 Å². The lowest BCUT2D eigenvalue weighted by Crippen LogP contribution is -2.44. The van der Waals surface area contributed by atoms with Gasteiger partial charge in [-0.1, -0.05) is 6.58 Å². The molecule has 2 nitrogen and oxygen atoms in total. The number of hydrogen-bond donors (Lipinski definition) is 0. The van der Waals surface area contributed by atoms with E-state index in [1.54, 1.807) is 0 Å². The zero-order valence-corrected chi connectivity index (χ0v) is 7.38. The van der Waals surface area contributed by atoms with E-state index in [0.29, 0.717) is 0 Å². The van der Waals surface area contributed by atoms with Crippen molar-refractivity contribution in [2.24, 2.45) is 0 Å². The molecule has 0 aromatic heterocycles. The Morgan fingerprint density at radius 2 is 2.08 bits per heavy atom. The predicted molar refractivity (Wildman–Crippen MR) is 47.7 cm³/mol. The second-order valence-corrected chi connectivity index (χ2v) is 3.88. The van der Waals surface area contributed by atoms with E-state index in [1.807, 2.05) is 4.90 Å². The van der Waals surface area contributed by atoms with Gasteiger partial charge in [-0.2, -0.15) is 0 Å². The smallest absolute Gasteiger partial charge is 0.246 e. The van der Waals surface area contributed by atoms with Gasteiger partial charge < -0.3 is 4.90 Å². The molecule has 2 aliphatic rings. The minimum Gasteiger partial charge on any atom is -0.334 e. The van der Waals surface area contributed by atoms with Crippen LogP contribution in [0, 0.1) is 0 Å². The minimum absolute atomic E-state index is 0.132. The van der Waals surface area contributed by atoms with Crippen molar-refractivity contribution < 1.29 is 4.79 Å². The highest BCUT2D eigenvalue weighted by Gasteiger charge is 2.50. The van der Waals surface area contributed by atoms with Crippen molar-refractivity contribution in [3.05, 3.63) is 12.7 Å². The Bertz CT molecular complexity index is 218. The minimum atomic E-state index is 0.132. The van der Waals surface area contributed by atoms with Crippen molar-refractivity contribution in [3.63, 3.8) is 0 Å². The molecule has 0 atom stereocenters. The largest absolute Gasteiger partial charge is 0.334 e. The van der Waals surface area contributed by atoms with Crippen LogP contribution in [0.1, 0.15) is 32.1 Å². The molecule has 0 aromatic rings. The van der Waals surface area contributed by atoms with Crippen LogP contribution in [0.25, 0.3) is 0 Å². The topological polar surface area (TPSA) is 20.3 Å². The molecular formula is C10H15NO. The first kappa shape index (κ1) is 7.84. The van der Waals surface area contributed by atoms with Crippen LogP contribution in [0.15, 0.2) is 12.7 Å². The molecule has 0 radical (unpaired) electrons. The number of nitrogens with zero attached hydrogens (tertiary/aromatic N) is 1. The summed E-state index contributed by atoms with van der Waals surface area (Å²) in [5.41, 5.74) is 0.281. The molecule has 0 unspecified atom stereocenters. The van der Waals surface area contributed by atoms with Crippen LogP contribution in [0.5, 0.6) is 0 Å². The van der Waals surface area contributed by atoms with Gasteiger partial charge in [0.1, 0.15) is 0 Å². The maximum absolute atomic E-state index is 11.4. The average Bonchev–Trinajstić information content (AvgIpc) is 2.85. The Hall–Kier alpha value is -0.790. The summed E-state index contributed by atoms with van der Waals surface area (Å²) in [4.78, 5) is 13.5. The van der Waals surface area contributed by atoms with Crippen LogP contribution >= 0.6 is 0 Å². The second kappa shape index (κ2) is 2.61. The van der Waals surface area contributed by atoms with Crippen molar-refractivity contribution in [3.8, 4) is 0 Å². The molecule has 0 bridgehead atoms. The SMILES string of the molecule is C=CC(=O)N1CCCCC12CC2. The number of rotatable bonds is 1.